The van der Waals surface area contributed by atoms with Gasteiger partial charge in [-0.25, -0.2) is 9.97 Å². The molecule has 2 rings (SSSR count). The molecule has 0 saturated carbocycles. The number of anilines is 1. The Morgan fingerprint density at radius 1 is 1.47 bits per heavy atom. The molecule has 0 bridgehead atoms. The van der Waals surface area contributed by atoms with Crippen LogP contribution in [-0.2, 0) is 0 Å². The summed E-state index contributed by atoms with van der Waals surface area (Å²) in [6.07, 6.45) is 3.18. The number of nitrogens with one attached hydrogen (secondary N) is 2. The fourth-order valence-electron chi connectivity index (χ4n) is 2.07. The van der Waals surface area contributed by atoms with Crippen molar-refractivity contribution < 1.29 is 4.79 Å². The van der Waals surface area contributed by atoms with Crippen molar-refractivity contribution >= 4 is 11.9 Å². The summed E-state index contributed by atoms with van der Waals surface area (Å²) in [6.45, 7) is 8.40. The Morgan fingerprint density at radius 3 is 2.74 bits per heavy atom. The van der Waals surface area contributed by atoms with E-state index in [0.717, 1.165) is 19.6 Å². The van der Waals surface area contributed by atoms with Crippen molar-refractivity contribution in [3.8, 4) is 0 Å². The third kappa shape index (κ3) is 3.64. The summed E-state index contributed by atoms with van der Waals surface area (Å²) in [4.78, 5) is 22.5. The van der Waals surface area contributed by atoms with Crippen molar-refractivity contribution in [2.24, 2.45) is 0 Å². The van der Waals surface area contributed by atoms with Crippen LogP contribution in [0, 0.1) is 0 Å². The summed E-state index contributed by atoms with van der Waals surface area (Å²) in [7, 11) is 0. The van der Waals surface area contributed by atoms with Crippen LogP contribution in [0.4, 0.5) is 5.95 Å². The van der Waals surface area contributed by atoms with Gasteiger partial charge in [0.05, 0.1) is 5.56 Å². The number of aromatic nitrogens is 2. The van der Waals surface area contributed by atoms with E-state index in [9.17, 15) is 4.79 Å². The highest BCUT2D eigenvalue weighted by Gasteiger charge is 2.22. The molecule has 1 aliphatic heterocycles. The Balaban J connectivity index is 2.02. The highest BCUT2D eigenvalue weighted by molar-refractivity contribution is 5.93. The fourth-order valence-corrected chi connectivity index (χ4v) is 2.07. The number of rotatable bonds is 3. The summed E-state index contributed by atoms with van der Waals surface area (Å²) in [5, 5.41) is 6.41. The quantitative estimate of drug-likeness (QED) is 0.841. The number of carbonyl (C=O) groups is 1. The van der Waals surface area contributed by atoms with Crippen molar-refractivity contribution in [2.45, 2.75) is 32.9 Å². The summed E-state index contributed by atoms with van der Waals surface area (Å²) in [5.74, 6) is 0.560. The van der Waals surface area contributed by atoms with Crippen LogP contribution in [-0.4, -0.2) is 52.5 Å². The minimum atomic E-state index is 0.00412. The second-order valence-electron chi connectivity index (χ2n) is 5.20. The highest BCUT2D eigenvalue weighted by Crippen LogP contribution is 2.08. The van der Waals surface area contributed by atoms with Crippen molar-refractivity contribution in [3.05, 3.63) is 18.0 Å². The minimum absolute atomic E-state index is 0.00412. The predicted molar refractivity (Wildman–Crippen MR) is 74.2 cm³/mol. The topological polar surface area (TPSA) is 70.2 Å². The van der Waals surface area contributed by atoms with Crippen LogP contribution in [0.3, 0.4) is 0 Å². The maximum atomic E-state index is 12.3. The van der Waals surface area contributed by atoms with Crippen LogP contribution in [0.1, 0.15) is 31.1 Å². The molecule has 1 aliphatic rings. The van der Waals surface area contributed by atoms with Gasteiger partial charge in [-0.15, -0.1) is 0 Å². The molecule has 2 N–H and O–H groups in total. The summed E-state index contributed by atoms with van der Waals surface area (Å²) in [5.41, 5.74) is 0.545. The summed E-state index contributed by atoms with van der Waals surface area (Å²) in [6, 6.07) is 0.607. The molecule has 1 amide bonds. The Bertz CT molecular complexity index is 431. The van der Waals surface area contributed by atoms with Crippen LogP contribution in [0.5, 0.6) is 0 Å². The van der Waals surface area contributed by atoms with Crippen molar-refractivity contribution in [3.63, 3.8) is 0 Å². The second-order valence-corrected chi connectivity index (χ2v) is 5.20. The van der Waals surface area contributed by atoms with E-state index >= 15 is 0 Å². The lowest BCUT2D eigenvalue weighted by Crippen LogP contribution is -2.51. The molecule has 104 valence electrons. The first-order valence-electron chi connectivity index (χ1n) is 6.67. The van der Waals surface area contributed by atoms with Gasteiger partial charge in [0, 0.05) is 44.1 Å². The molecular formula is C13H21N5O. The number of hydrogen-bond acceptors (Lipinski definition) is 5. The lowest BCUT2D eigenvalue weighted by molar-refractivity contribution is 0.0708. The number of amides is 1. The van der Waals surface area contributed by atoms with Gasteiger partial charge < -0.3 is 15.5 Å². The minimum Gasteiger partial charge on any atom is -0.352 e. The van der Waals surface area contributed by atoms with Gasteiger partial charge in [0.15, 0.2) is 0 Å². The third-order valence-electron chi connectivity index (χ3n) is 2.97. The van der Waals surface area contributed by atoms with Crippen molar-refractivity contribution in [1.82, 2.24) is 20.2 Å². The largest absolute Gasteiger partial charge is 0.352 e. The number of carbonyl (C=O) groups excluding carboxylic acids is 1. The summed E-state index contributed by atoms with van der Waals surface area (Å²) < 4.78 is 0. The van der Waals surface area contributed by atoms with Crippen LogP contribution < -0.4 is 10.6 Å². The molecule has 0 aliphatic carbocycles. The molecule has 1 fully saturated rings. The van der Waals surface area contributed by atoms with Crippen LogP contribution in [0.25, 0.3) is 0 Å². The Hall–Kier alpha value is -1.69. The average molecular weight is 263 g/mol. The maximum Gasteiger partial charge on any atom is 0.257 e. The van der Waals surface area contributed by atoms with Gasteiger partial charge in [-0.05, 0) is 20.8 Å². The van der Waals surface area contributed by atoms with Gasteiger partial charge in [-0.2, -0.15) is 0 Å². The second kappa shape index (κ2) is 5.97. The number of hydrogen-bond donors (Lipinski definition) is 2. The molecule has 1 atom stereocenters. The monoisotopic (exact) mass is 263 g/mol. The van der Waals surface area contributed by atoms with Crippen LogP contribution in [0.15, 0.2) is 12.4 Å². The molecule has 0 aromatic carbocycles. The molecular weight excluding hydrogens is 242 g/mol. The van der Waals surface area contributed by atoms with Gasteiger partial charge in [-0.3, -0.25) is 4.79 Å². The Labute approximate surface area is 113 Å². The zero-order valence-electron chi connectivity index (χ0n) is 11.7. The molecule has 1 aromatic rings. The Morgan fingerprint density at radius 2 is 2.16 bits per heavy atom. The van der Waals surface area contributed by atoms with Gasteiger partial charge in [0.2, 0.25) is 5.95 Å². The standard InChI is InChI=1S/C13H21N5O/c1-9(2)17-13-15-6-11(7-16-13)12(19)18-5-4-14-10(3)8-18/h6-7,9-10,14H,4-5,8H2,1-3H3,(H,15,16,17). The zero-order chi connectivity index (χ0) is 13.8. The third-order valence-corrected chi connectivity index (χ3v) is 2.97. The van der Waals surface area contributed by atoms with E-state index in [1.165, 1.54) is 0 Å². The molecule has 1 aromatic heterocycles. The average Bonchev–Trinajstić information content (AvgIpc) is 2.38. The molecule has 6 heteroatoms. The molecule has 1 unspecified atom stereocenters. The fraction of sp³-hybridized carbons (Fsp3) is 0.615. The van der Waals surface area contributed by atoms with E-state index in [2.05, 4.69) is 27.5 Å². The first-order valence-corrected chi connectivity index (χ1v) is 6.67. The normalized spacial score (nSPS) is 19.6. The SMILES string of the molecule is CC(C)Nc1ncc(C(=O)N2CCNC(C)C2)cn1. The summed E-state index contributed by atoms with van der Waals surface area (Å²) >= 11 is 0. The van der Waals surface area contributed by atoms with E-state index in [1.54, 1.807) is 12.4 Å². The highest BCUT2D eigenvalue weighted by atomic mass is 16.2. The molecule has 2 heterocycles. The molecule has 6 nitrogen and oxygen atoms in total. The molecule has 0 radical (unpaired) electrons. The smallest absolute Gasteiger partial charge is 0.257 e. The predicted octanol–water partition coefficient (Wildman–Crippen LogP) is 0.731. The lowest BCUT2D eigenvalue weighted by atomic mass is 10.2. The van der Waals surface area contributed by atoms with Gasteiger partial charge in [0.1, 0.15) is 0 Å². The van der Waals surface area contributed by atoms with Crippen molar-refractivity contribution in [1.29, 1.82) is 0 Å². The number of nitrogens with zero attached hydrogens (tertiary/aromatic N) is 3. The van der Waals surface area contributed by atoms with Crippen LogP contribution >= 0.6 is 0 Å². The van der Waals surface area contributed by atoms with E-state index in [1.807, 2.05) is 18.7 Å². The first-order chi connectivity index (χ1) is 9.06. The van der Waals surface area contributed by atoms with Gasteiger partial charge in [-0.1, -0.05) is 0 Å². The van der Waals surface area contributed by atoms with Crippen LogP contribution in [0.2, 0.25) is 0 Å². The molecule has 0 spiro atoms. The van der Waals surface area contributed by atoms with E-state index in [-0.39, 0.29) is 11.9 Å². The van der Waals surface area contributed by atoms with Gasteiger partial charge in [0.25, 0.3) is 5.91 Å². The number of piperazine rings is 1. The van der Waals surface area contributed by atoms with E-state index in [4.69, 9.17) is 0 Å². The maximum absolute atomic E-state index is 12.3. The lowest BCUT2D eigenvalue weighted by Gasteiger charge is -2.31. The van der Waals surface area contributed by atoms with E-state index in [0.29, 0.717) is 17.6 Å². The Kier molecular flexibility index (Phi) is 4.31. The zero-order valence-corrected chi connectivity index (χ0v) is 11.7. The first kappa shape index (κ1) is 13.7. The van der Waals surface area contributed by atoms with E-state index < -0.39 is 0 Å². The van der Waals surface area contributed by atoms with Crippen molar-refractivity contribution in [2.75, 3.05) is 25.0 Å². The molecule has 1 saturated heterocycles. The van der Waals surface area contributed by atoms with Gasteiger partial charge >= 0.3 is 0 Å². The molecule has 19 heavy (non-hydrogen) atoms.